The lowest BCUT2D eigenvalue weighted by molar-refractivity contribution is 0.355. The topological polar surface area (TPSA) is 53.5 Å². The fourth-order valence-electron chi connectivity index (χ4n) is 3.09. The summed E-state index contributed by atoms with van der Waals surface area (Å²) in [5.74, 6) is 2.15. The Morgan fingerprint density at radius 1 is 0.938 bits per heavy atom. The van der Waals surface area contributed by atoms with E-state index in [1.54, 1.807) is 32.4 Å². The molecule has 0 aliphatic rings. The first-order valence-electron chi connectivity index (χ1n) is 10.7. The van der Waals surface area contributed by atoms with Crippen molar-refractivity contribution in [1.29, 1.82) is 0 Å². The number of hydrogen-bond donors (Lipinski definition) is 0. The first-order chi connectivity index (χ1) is 15.5. The van der Waals surface area contributed by atoms with Gasteiger partial charge in [0, 0.05) is 17.0 Å². The van der Waals surface area contributed by atoms with Gasteiger partial charge in [0.25, 0.3) is 0 Å². The van der Waals surface area contributed by atoms with E-state index in [0.29, 0.717) is 28.7 Å². The highest BCUT2D eigenvalue weighted by molar-refractivity contribution is 5.94. The van der Waals surface area contributed by atoms with E-state index < -0.39 is 0 Å². The second kappa shape index (κ2) is 11.7. The van der Waals surface area contributed by atoms with Crippen molar-refractivity contribution in [2.24, 2.45) is 0 Å². The molecule has 0 spiro atoms. The van der Waals surface area contributed by atoms with Crippen molar-refractivity contribution in [3.8, 4) is 28.8 Å². The van der Waals surface area contributed by atoms with Crippen molar-refractivity contribution in [1.82, 2.24) is 9.97 Å². The van der Waals surface area contributed by atoms with Crippen LogP contribution >= 0.6 is 0 Å². The Labute approximate surface area is 191 Å². The van der Waals surface area contributed by atoms with Gasteiger partial charge in [-0.3, -0.25) is 0 Å². The zero-order valence-corrected chi connectivity index (χ0v) is 19.8. The fraction of sp³-hybridized carbons (Fsp3) is 0.259. The molecule has 3 aromatic rings. The number of methoxy groups -OCH3 is 2. The number of fused-ring (bicyclic) bond motifs is 1. The van der Waals surface area contributed by atoms with Gasteiger partial charge in [-0.2, -0.15) is 9.97 Å². The van der Waals surface area contributed by atoms with Crippen LogP contribution in [0.15, 0.2) is 73.5 Å². The van der Waals surface area contributed by atoms with E-state index in [9.17, 15) is 0 Å². The Morgan fingerprint density at radius 2 is 1.56 bits per heavy atom. The van der Waals surface area contributed by atoms with Gasteiger partial charge in [-0.15, -0.1) is 0 Å². The predicted molar refractivity (Wildman–Crippen MR) is 133 cm³/mol. The number of rotatable bonds is 8. The maximum absolute atomic E-state index is 5.84. The summed E-state index contributed by atoms with van der Waals surface area (Å²) < 4.78 is 16.8. The highest BCUT2D eigenvalue weighted by atomic mass is 16.5. The summed E-state index contributed by atoms with van der Waals surface area (Å²) in [7, 11) is 3.20. The minimum absolute atomic E-state index is 0.214. The van der Waals surface area contributed by atoms with E-state index in [4.69, 9.17) is 19.2 Å². The van der Waals surface area contributed by atoms with Gasteiger partial charge in [-0.25, -0.2) is 0 Å². The molecule has 0 aliphatic heterocycles. The van der Waals surface area contributed by atoms with Crippen LogP contribution in [0.1, 0.15) is 39.2 Å². The minimum atomic E-state index is 0.214. The smallest absolute Gasteiger partial charge is 0.323 e. The monoisotopic (exact) mass is 432 g/mol. The molecule has 1 heterocycles. The van der Waals surface area contributed by atoms with Crippen LogP contribution in [0, 0.1) is 0 Å². The third-order valence-corrected chi connectivity index (χ3v) is 4.72. The molecule has 0 unspecified atom stereocenters. The second-order valence-electron chi connectivity index (χ2n) is 6.97. The number of nitrogens with zero attached hydrogens (tertiary/aromatic N) is 2. The average molecular weight is 433 g/mol. The highest BCUT2D eigenvalue weighted by Crippen LogP contribution is 2.37. The van der Waals surface area contributed by atoms with E-state index in [0.717, 1.165) is 16.6 Å². The molecular formula is C27H32N2O3. The first-order valence-corrected chi connectivity index (χ1v) is 10.7. The zero-order chi connectivity index (χ0) is 23.7. The first kappa shape index (κ1) is 24.7. The van der Waals surface area contributed by atoms with Crippen LogP contribution < -0.4 is 14.2 Å². The molecule has 5 heteroatoms. The van der Waals surface area contributed by atoms with Crippen LogP contribution in [0.4, 0.5) is 0 Å². The molecule has 3 rings (SSSR count). The summed E-state index contributed by atoms with van der Waals surface area (Å²) in [5, 5.41) is 0.838. The Morgan fingerprint density at radius 3 is 2.09 bits per heavy atom. The molecule has 0 saturated carbocycles. The Kier molecular flexibility index (Phi) is 9.02. The van der Waals surface area contributed by atoms with Crippen molar-refractivity contribution in [3.05, 3.63) is 79.1 Å². The van der Waals surface area contributed by atoms with Gasteiger partial charge in [0.05, 0.1) is 25.4 Å². The molecule has 32 heavy (non-hydrogen) atoms. The largest absolute Gasteiger partial charge is 0.493 e. The second-order valence-corrected chi connectivity index (χ2v) is 6.97. The zero-order valence-electron chi connectivity index (χ0n) is 19.8. The number of hydrogen-bond acceptors (Lipinski definition) is 5. The standard InChI is InChI=1S/C25H26N2O3.C2H6/c1-7-9-19(8-2)30-25-26-21-15-23(29-6)22(28-5)14-20(21)24(27-25)18-12-10-17(11-13-18)16(3)4;1-2/h7-16H,1-2H2,3-6H3;1-2H3/b19-9+;. The van der Waals surface area contributed by atoms with Gasteiger partial charge in [0.1, 0.15) is 5.76 Å². The van der Waals surface area contributed by atoms with Crippen LogP contribution in [0.25, 0.3) is 22.2 Å². The van der Waals surface area contributed by atoms with Crippen LogP contribution in [0.2, 0.25) is 0 Å². The lowest BCUT2D eigenvalue weighted by Crippen LogP contribution is -2.01. The quantitative estimate of drug-likeness (QED) is 0.281. The van der Waals surface area contributed by atoms with Crippen LogP contribution in [0.3, 0.4) is 0 Å². The molecule has 0 radical (unpaired) electrons. The summed E-state index contributed by atoms with van der Waals surface area (Å²) in [4.78, 5) is 9.26. The molecule has 0 fully saturated rings. The molecule has 168 valence electrons. The SMILES string of the molecule is C=C/C=C(\C=C)Oc1nc(-c2ccc(C(C)C)cc2)c2cc(OC)c(OC)cc2n1.CC. The molecule has 0 amide bonds. The van der Waals surface area contributed by atoms with Gasteiger partial charge in [-0.1, -0.05) is 71.2 Å². The van der Waals surface area contributed by atoms with Crippen molar-refractivity contribution in [2.45, 2.75) is 33.6 Å². The highest BCUT2D eigenvalue weighted by Gasteiger charge is 2.16. The predicted octanol–water partition coefficient (Wildman–Crippen LogP) is 7.10. The maximum Gasteiger partial charge on any atom is 0.323 e. The summed E-state index contributed by atoms with van der Waals surface area (Å²) in [5.41, 5.74) is 3.64. The molecule has 0 bridgehead atoms. The van der Waals surface area contributed by atoms with Gasteiger partial charge < -0.3 is 14.2 Å². The summed E-state index contributed by atoms with van der Waals surface area (Å²) >= 11 is 0. The van der Waals surface area contributed by atoms with Crippen molar-refractivity contribution in [3.63, 3.8) is 0 Å². The van der Waals surface area contributed by atoms with E-state index in [-0.39, 0.29) is 6.01 Å². The third-order valence-electron chi connectivity index (χ3n) is 4.72. The summed E-state index contributed by atoms with van der Waals surface area (Å²) in [6.45, 7) is 15.8. The van der Waals surface area contributed by atoms with E-state index in [1.165, 1.54) is 5.56 Å². The Balaban J connectivity index is 0.00000176. The number of aromatic nitrogens is 2. The van der Waals surface area contributed by atoms with Gasteiger partial charge in [0.15, 0.2) is 11.5 Å². The van der Waals surface area contributed by atoms with E-state index in [2.05, 4.69) is 56.3 Å². The molecular weight excluding hydrogens is 400 g/mol. The number of ether oxygens (including phenoxy) is 3. The Bertz CT molecular complexity index is 1100. The number of allylic oxidation sites excluding steroid dienone is 3. The molecule has 2 aromatic carbocycles. The lowest BCUT2D eigenvalue weighted by atomic mass is 9.99. The molecule has 5 nitrogen and oxygen atoms in total. The van der Waals surface area contributed by atoms with Gasteiger partial charge >= 0.3 is 6.01 Å². The molecule has 0 N–H and O–H groups in total. The van der Waals surface area contributed by atoms with Crippen LogP contribution in [-0.2, 0) is 0 Å². The third kappa shape index (κ3) is 5.55. The maximum atomic E-state index is 5.84. The molecule has 0 atom stereocenters. The average Bonchev–Trinajstić information content (AvgIpc) is 2.83. The van der Waals surface area contributed by atoms with Crippen molar-refractivity contribution >= 4 is 10.9 Å². The molecule has 1 aromatic heterocycles. The van der Waals surface area contributed by atoms with Crippen molar-refractivity contribution in [2.75, 3.05) is 14.2 Å². The van der Waals surface area contributed by atoms with E-state index in [1.807, 2.05) is 26.0 Å². The minimum Gasteiger partial charge on any atom is -0.493 e. The molecule has 0 aliphatic carbocycles. The van der Waals surface area contributed by atoms with Gasteiger partial charge in [-0.05, 0) is 29.7 Å². The van der Waals surface area contributed by atoms with Crippen LogP contribution in [0.5, 0.6) is 17.5 Å². The summed E-state index contributed by atoms with van der Waals surface area (Å²) in [6.07, 6.45) is 4.91. The fourth-order valence-corrected chi connectivity index (χ4v) is 3.09. The van der Waals surface area contributed by atoms with Crippen molar-refractivity contribution < 1.29 is 14.2 Å². The summed E-state index contributed by atoms with van der Waals surface area (Å²) in [6, 6.07) is 12.3. The lowest BCUT2D eigenvalue weighted by Gasteiger charge is -2.14. The number of benzene rings is 2. The van der Waals surface area contributed by atoms with E-state index >= 15 is 0 Å². The van der Waals surface area contributed by atoms with Crippen LogP contribution in [-0.4, -0.2) is 24.2 Å². The normalized spacial score (nSPS) is 10.9. The van der Waals surface area contributed by atoms with Gasteiger partial charge in [0.2, 0.25) is 0 Å². The molecule has 0 saturated heterocycles. The Hall–Kier alpha value is -3.60.